The second-order valence-electron chi connectivity index (χ2n) is 8.11. The van der Waals surface area contributed by atoms with Gasteiger partial charge in [-0.15, -0.1) is 0 Å². The zero-order valence-corrected chi connectivity index (χ0v) is 16.0. The van der Waals surface area contributed by atoms with Crippen LogP contribution in [0.2, 0.25) is 0 Å². The number of hydrogen-bond acceptors (Lipinski definition) is 4. The van der Waals surface area contributed by atoms with E-state index in [0.29, 0.717) is 11.8 Å². The summed E-state index contributed by atoms with van der Waals surface area (Å²) in [5.74, 6) is 6.83. The lowest BCUT2D eigenvalue weighted by atomic mass is 9.89. The highest BCUT2D eigenvalue weighted by molar-refractivity contribution is 5.37. The zero-order chi connectivity index (χ0) is 18.4. The Morgan fingerprint density at radius 3 is 2.36 bits per heavy atom. The standard InChI is InChI=1S/C21H32N2O2/c1-21(2,25)10-9-17-5-7-18(8-6-17)13-23-14-19(12-22(3)4)11-20(15-23)16-24/h5-8,19-20,24-25H,11-16H2,1-4H3/t19-,20+/m1/s1. The molecule has 1 fully saturated rings. The van der Waals surface area contributed by atoms with Gasteiger partial charge in [0.05, 0.1) is 0 Å². The molecule has 0 saturated carbocycles. The van der Waals surface area contributed by atoms with Gasteiger partial charge in [0.25, 0.3) is 0 Å². The van der Waals surface area contributed by atoms with Crippen molar-refractivity contribution >= 4 is 0 Å². The number of nitrogens with zero attached hydrogens (tertiary/aromatic N) is 2. The normalized spacial score (nSPS) is 21.9. The van der Waals surface area contributed by atoms with Gasteiger partial charge in [-0.25, -0.2) is 0 Å². The van der Waals surface area contributed by atoms with Crippen LogP contribution in [0.1, 0.15) is 31.4 Å². The van der Waals surface area contributed by atoms with E-state index in [4.69, 9.17) is 0 Å². The van der Waals surface area contributed by atoms with Gasteiger partial charge in [0.2, 0.25) is 0 Å². The minimum Gasteiger partial charge on any atom is -0.396 e. The van der Waals surface area contributed by atoms with Crippen molar-refractivity contribution in [3.63, 3.8) is 0 Å². The first-order valence-electron chi connectivity index (χ1n) is 9.07. The molecule has 1 aromatic carbocycles. The minimum absolute atomic E-state index is 0.270. The first-order chi connectivity index (χ1) is 11.7. The van der Waals surface area contributed by atoms with E-state index in [0.717, 1.165) is 38.2 Å². The maximum Gasteiger partial charge on any atom is 0.120 e. The summed E-state index contributed by atoms with van der Waals surface area (Å²) in [7, 11) is 4.22. The monoisotopic (exact) mass is 344 g/mol. The van der Waals surface area contributed by atoms with E-state index < -0.39 is 5.60 Å². The maximum atomic E-state index is 9.68. The van der Waals surface area contributed by atoms with Crippen molar-refractivity contribution in [2.24, 2.45) is 11.8 Å². The quantitative estimate of drug-likeness (QED) is 0.800. The molecule has 0 spiro atoms. The molecular weight excluding hydrogens is 312 g/mol. The number of hydrogen-bond donors (Lipinski definition) is 2. The highest BCUT2D eigenvalue weighted by Crippen LogP contribution is 2.23. The van der Waals surface area contributed by atoms with E-state index >= 15 is 0 Å². The molecule has 138 valence electrons. The number of piperidine rings is 1. The van der Waals surface area contributed by atoms with Crippen molar-refractivity contribution in [2.45, 2.75) is 32.4 Å². The molecule has 0 aliphatic carbocycles. The lowest BCUT2D eigenvalue weighted by Crippen LogP contribution is -2.44. The van der Waals surface area contributed by atoms with Gasteiger partial charge in [-0.05, 0) is 63.9 Å². The summed E-state index contributed by atoms with van der Waals surface area (Å²) in [6, 6.07) is 8.24. The summed E-state index contributed by atoms with van der Waals surface area (Å²) in [5.41, 5.74) is 1.21. The predicted octanol–water partition coefficient (Wildman–Crippen LogP) is 1.80. The van der Waals surface area contributed by atoms with Gasteiger partial charge in [0.15, 0.2) is 0 Å². The van der Waals surface area contributed by atoms with Crippen LogP contribution in [0.15, 0.2) is 24.3 Å². The van der Waals surface area contributed by atoms with Gasteiger partial charge in [-0.3, -0.25) is 4.90 Å². The summed E-state index contributed by atoms with van der Waals surface area (Å²) in [6.45, 7) is 7.65. The van der Waals surface area contributed by atoms with Crippen LogP contribution in [-0.2, 0) is 6.54 Å². The van der Waals surface area contributed by atoms with Crippen LogP contribution >= 0.6 is 0 Å². The Morgan fingerprint density at radius 2 is 1.80 bits per heavy atom. The molecule has 1 aliphatic heterocycles. The Morgan fingerprint density at radius 1 is 1.16 bits per heavy atom. The van der Waals surface area contributed by atoms with Gasteiger partial charge in [0, 0.05) is 38.3 Å². The molecule has 4 heteroatoms. The third-order valence-corrected chi connectivity index (χ3v) is 4.45. The molecule has 1 heterocycles. The number of rotatable bonds is 5. The van der Waals surface area contributed by atoms with Crippen LogP contribution in [0.3, 0.4) is 0 Å². The van der Waals surface area contributed by atoms with Crippen molar-refractivity contribution in [1.29, 1.82) is 0 Å². The Labute approximate surface area is 152 Å². The van der Waals surface area contributed by atoms with Crippen molar-refractivity contribution in [1.82, 2.24) is 9.80 Å². The second-order valence-corrected chi connectivity index (χ2v) is 8.11. The topological polar surface area (TPSA) is 46.9 Å². The molecule has 0 amide bonds. The summed E-state index contributed by atoms with van der Waals surface area (Å²) < 4.78 is 0. The largest absolute Gasteiger partial charge is 0.396 e. The lowest BCUT2D eigenvalue weighted by Gasteiger charge is -2.38. The molecule has 1 saturated heterocycles. The third-order valence-electron chi connectivity index (χ3n) is 4.45. The average Bonchev–Trinajstić information content (AvgIpc) is 2.52. The van der Waals surface area contributed by atoms with Crippen LogP contribution in [0.25, 0.3) is 0 Å². The average molecular weight is 344 g/mol. The molecular formula is C21H32N2O2. The van der Waals surface area contributed by atoms with Crippen LogP contribution in [0, 0.1) is 23.7 Å². The molecule has 2 atom stereocenters. The van der Waals surface area contributed by atoms with Gasteiger partial charge >= 0.3 is 0 Å². The van der Waals surface area contributed by atoms with Gasteiger partial charge in [-0.1, -0.05) is 24.0 Å². The van der Waals surface area contributed by atoms with Crippen molar-refractivity contribution in [3.05, 3.63) is 35.4 Å². The van der Waals surface area contributed by atoms with E-state index in [1.807, 2.05) is 12.1 Å². The highest BCUT2D eigenvalue weighted by Gasteiger charge is 2.27. The Balaban J connectivity index is 1.98. The van der Waals surface area contributed by atoms with Crippen molar-refractivity contribution < 1.29 is 10.2 Å². The fraction of sp³-hybridized carbons (Fsp3) is 0.619. The molecule has 4 nitrogen and oxygen atoms in total. The number of aliphatic hydroxyl groups is 2. The first kappa shape index (κ1) is 19.9. The molecule has 2 N–H and O–H groups in total. The molecule has 0 bridgehead atoms. The summed E-state index contributed by atoms with van der Waals surface area (Å²) in [6.07, 6.45) is 1.11. The van der Waals surface area contributed by atoms with E-state index in [-0.39, 0.29) is 6.61 Å². The molecule has 25 heavy (non-hydrogen) atoms. The molecule has 0 aromatic heterocycles. The summed E-state index contributed by atoms with van der Waals surface area (Å²) in [5, 5.41) is 19.3. The van der Waals surface area contributed by atoms with E-state index in [9.17, 15) is 10.2 Å². The third kappa shape index (κ3) is 7.17. The van der Waals surface area contributed by atoms with Gasteiger partial charge < -0.3 is 15.1 Å². The SMILES string of the molecule is CN(C)C[C@H]1C[C@H](CO)CN(Cc2ccc(C#CC(C)(C)O)cc2)C1. The number of aliphatic hydroxyl groups excluding tert-OH is 1. The van der Waals surface area contributed by atoms with Gasteiger partial charge in [0.1, 0.15) is 5.60 Å². The van der Waals surface area contributed by atoms with Crippen LogP contribution in [0.5, 0.6) is 0 Å². The number of benzene rings is 1. The lowest BCUT2D eigenvalue weighted by molar-refractivity contribution is 0.0692. The molecule has 2 rings (SSSR count). The van der Waals surface area contributed by atoms with E-state index in [1.165, 1.54) is 5.56 Å². The second kappa shape index (κ2) is 8.82. The van der Waals surface area contributed by atoms with E-state index in [1.54, 1.807) is 13.8 Å². The van der Waals surface area contributed by atoms with Crippen LogP contribution in [0.4, 0.5) is 0 Å². The predicted molar refractivity (Wildman–Crippen MR) is 102 cm³/mol. The first-order valence-corrected chi connectivity index (χ1v) is 9.07. The highest BCUT2D eigenvalue weighted by atomic mass is 16.3. The maximum absolute atomic E-state index is 9.68. The smallest absolute Gasteiger partial charge is 0.120 e. The Kier molecular flexibility index (Phi) is 7.04. The summed E-state index contributed by atoms with van der Waals surface area (Å²) >= 11 is 0. The fourth-order valence-electron chi connectivity index (χ4n) is 3.51. The Bertz CT molecular complexity index is 593. The fourth-order valence-corrected chi connectivity index (χ4v) is 3.51. The van der Waals surface area contributed by atoms with E-state index in [2.05, 4.69) is 47.9 Å². The molecule has 1 aromatic rings. The Hall–Kier alpha value is -1.38. The summed E-state index contributed by atoms with van der Waals surface area (Å²) in [4.78, 5) is 4.69. The van der Waals surface area contributed by atoms with Crippen molar-refractivity contribution in [3.8, 4) is 11.8 Å². The molecule has 0 unspecified atom stereocenters. The van der Waals surface area contributed by atoms with Crippen molar-refractivity contribution in [2.75, 3.05) is 40.3 Å². The number of likely N-dealkylation sites (tertiary alicyclic amines) is 1. The van der Waals surface area contributed by atoms with Crippen LogP contribution < -0.4 is 0 Å². The van der Waals surface area contributed by atoms with Gasteiger partial charge in [-0.2, -0.15) is 0 Å². The molecule has 1 aliphatic rings. The zero-order valence-electron chi connectivity index (χ0n) is 16.0. The van der Waals surface area contributed by atoms with Crippen LogP contribution in [-0.4, -0.2) is 66.0 Å². The minimum atomic E-state index is -0.965. The molecule has 0 radical (unpaired) electrons.